The molecule has 0 heterocycles. The fraction of sp³-hybridized carbons (Fsp3) is 0.0909. The highest BCUT2D eigenvalue weighted by Gasteiger charge is 2.26. The van der Waals surface area contributed by atoms with Gasteiger partial charge in [0.15, 0.2) is 0 Å². The molecule has 1 nitrogen and oxygen atoms in total. The Hall–Kier alpha value is -0.680. The van der Waals surface area contributed by atoms with Crippen molar-refractivity contribution in [3.05, 3.63) is 40.9 Å². The van der Waals surface area contributed by atoms with Crippen molar-refractivity contribution < 1.29 is 13.5 Å². The summed E-state index contributed by atoms with van der Waals surface area (Å²) in [6.45, 7) is 0. The van der Waals surface area contributed by atoms with E-state index in [1.807, 2.05) is 18.2 Å². The number of ether oxygens (including phenoxy) is 1. The maximum absolute atomic E-state index is 12.6. The normalized spacial score (nSPS) is 11.8. The molecule has 0 unspecified atom stereocenters. The van der Waals surface area contributed by atoms with Crippen LogP contribution in [0.4, 0.5) is 8.78 Å². The first-order valence-corrected chi connectivity index (χ1v) is 5.98. The Morgan fingerprint density at radius 2 is 1.62 bits per heavy atom. The molecule has 0 aliphatic carbocycles. The number of hydrogen-bond acceptors (Lipinski definition) is 1. The van der Waals surface area contributed by atoms with Gasteiger partial charge < -0.3 is 4.74 Å². The second-order valence-corrected chi connectivity index (χ2v) is 5.04. The minimum atomic E-state index is -3.34. The van der Waals surface area contributed by atoms with Gasteiger partial charge in [0.1, 0.15) is 5.75 Å². The minimum Gasteiger partial charge on any atom is -0.424 e. The third-order valence-corrected chi connectivity index (χ3v) is 2.66. The highest BCUT2D eigenvalue weighted by Crippen LogP contribution is 2.30. The maximum atomic E-state index is 12.6. The summed E-state index contributed by atoms with van der Waals surface area (Å²) in [7, 11) is 0. The van der Waals surface area contributed by atoms with Crippen LogP contribution < -0.4 is 4.74 Å². The van der Waals surface area contributed by atoms with Crippen LogP contribution in [0.1, 0.15) is 0 Å². The molecule has 0 fully saturated rings. The lowest BCUT2D eigenvalue weighted by Crippen LogP contribution is -2.14. The Morgan fingerprint density at radius 1 is 1.00 bits per heavy atom. The van der Waals surface area contributed by atoms with Crippen LogP contribution in [0, 0.1) is 0 Å². The summed E-state index contributed by atoms with van der Waals surface area (Å²) in [6, 6.07) is 10.4. The zero-order chi connectivity index (χ0) is 11.8. The third-order valence-electron chi connectivity index (χ3n) is 2.01. The van der Waals surface area contributed by atoms with Crippen molar-refractivity contribution >= 4 is 42.6 Å². The number of rotatable bonds is 2. The van der Waals surface area contributed by atoms with Gasteiger partial charge >= 0.3 is 5.02 Å². The van der Waals surface area contributed by atoms with E-state index in [9.17, 15) is 8.78 Å². The molecule has 0 spiro atoms. The summed E-state index contributed by atoms with van der Waals surface area (Å²) in [5, 5.41) is -1.53. The first-order chi connectivity index (χ1) is 7.44. The van der Waals surface area contributed by atoms with E-state index in [1.54, 1.807) is 12.1 Å². The molecule has 0 aromatic heterocycles. The Kier molecular flexibility index (Phi) is 3.17. The van der Waals surface area contributed by atoms with Crippen molar-refractivity contribution in [1.29, 1.82) is 0 Å². The monoisotopic (exact) mass is 350 g/mol. The molecule has 2 aromatic carbocycles. The van der Waals surface area contributed by atoms with E-state index < -0.39 is 5.02 Å². The Labute approximate surface area is 108 Å². The smallest absolute Gasteiger partial charge is 0.424 e. The molecule has 0 radical (unpaired) electrons. The number of benzene rings is 2. The van der Waals surface area contributed by atoms with Crippen LogP contribution in [0.2, 0.25) is 0 Å². The highest BCUT2D eigenvalue weighted by atomic mass is 79.9. The molecule has 0 saturated carbocycles. The number of hydrogen-bond donors (Lipinski definition) is 0. The SMILES string of the molecule is FC(F)(Br)Oc1ccc2cc(Br)ccc2c1. The van der Waals surface area contributed by atoms with Gasteiger partial charge in [0.25, 0.3) is 0 Å². The predicted molar refractivity (Wildman–Crippen MR) is 66.2 cm³/mol. The lowest BCUT2D eigenvalue weighted by molar-refractivity contribution is -0.0802. The quantitative estimate of drug-likeness (QED) is 0.697. The van der Waals surface area contributed by atoms with Crippen molar-refractivity contribution in [2.24, 2.45) is 0 Å². The largest absolute Gasteiger partial charge is 0.459 e. The molecule has 0 atom stereocenters. The summed E-state index contributed by atoms with van der Waals surface area (Å²) < 4.78 is 30.5. The van der Waals surface area contributed by atoms with Crippen molar-refractivity contribution in [3.63, 3.8) is 0 Å². The molecule has 2 rings (SSSR count). The lowest BCUT2D eigenvalue weighted by Gasteiger charge is -2.11. The topological polar surface area (TPSA) is 9.23 Å². The van der Waals surface area contributed by atoms with Crippen LogP contribution >= 0.6 is 31.9 Å². The van der Waals surface area contributed by atoms with E-state index in [2.05, 4.69) is 36.6 Å². The molecule has 16 heavy (non-hydrogen) atoms. The van der Waals surface area contributed by atoms with E-state index in [0.717, 1.165) is 15.2 Å². The van der Waals surface area contributed by atoms with Crippen molar-refractivity contribution in [3.8, 4) is 5.75 Å². The zero-order valence-corrected chi connectivity index (χ0v) is 11.1. The second kappa shape index (κ2) is 4.30. The van der Waals surface area contributed by atoms with Gasteiger partial charge in [-0.05, 0) is 35.0 Å². The van der Waals surface area contributed by atoms with Crippen LogP contribution in [-0.2, 0) is 0 Å². The third kappa shape index (κ3) is 2.92. The molecule has 84 valence electrons. The Morgan fingerprint density at radius 3 is 2.31 bits per heavy atom. The fourth-order valence-electron chi connectivity index (χ4n) is 1.39. The summed E-state index contributed by atoms with van der Waals surface area (Å²) in [5.74, 6) is 0.122. The first-order valence-electron chi connectivity index (χ1n) is 4.39. The highest BCUT2D eigenvalue weighted by molar-refractivity contribution is 9.10. The maximum Gasteiger partial charge on any atom is 0.459 e. The molecule has 0 aliphatic heterocycles. The average Bonchev–Trinajstić information content (AvgIpc) is 2.16. The Balaban J connectivity index is 2.41. The summed E-state index contributed by atoms with van der Waals surface area (Å²) >= 11 is 5.47. The molecule has 0 amide bonds. The van der Waals surface area contributed by atoms with Crippen LogP contribution in [0.3, 0.4) is 0 Å². The van der Waals surface area contributed by atoms with Crippen molar-refractivity contribution in [2.75, 3.05) is 0 Å². The number of fused-ring (bicyclic) bond motifs is 1. The van der Waals surface area contributed by atoms with Crippen LogP contribution in [0.5, 0.6) is 5.75 Å². The molecule has 5 heteroatoms. The summed E-state index contributed by atoms with van der Waals surface area (Å²) in [5.41, 5.74) is 0. The van der Waals surface area contributed by atoms with Gasteiger partial charge in [-0.3, -0.25) is 0 Å². The van der Waals surface area contributed by atoms with Gasteiger partial charge in [0.2, 0.25) is 0 Å². The molecule has 0 saturated heterocycles. The zero-order valence-electron chi connectivity index (χ0n) is 7.88. The van der Waals surface area contributed by atoms with Gasteiger partial charge in [-0.15, -0.1) is 0 Å². The predicted octanol–water partition coefficient (Wildman–Crippen LogP) is 4.93. The van der Waals surface area contributed by atoms with Gasteiger partial charge in [0, 0.05) is 20.4 Å². The van der Waals surface area contributed by atoms with Crippen molar-refractivity contribution in [1.82, 2.24) is 0 Å². The van der Waals surface area contributed by atoms with E-state index in [0.29, 0.717) is 0 Å². The summed E-state index contributed by atoms with van der Waals surface area (Å²) in [6.07, 6.45) is 0. The van der Waals surface area contributed by atoms with Crippen LogP contribution in [-0.4, -0.2) is 5.02 Å². The number of halogens is 4. The molecular weight excluding hydrogens is 346 g/mol. The molecule has 2 aromatic rings. The lowest BCUT2D eigenvalue weighted by atomic mass is 10.1. The molecule has 0 N–H and O–H groups in total. The molecule has 0 aliphatic rings. The standard InChI is InChI=1S/C11H6Br2F2O/c12-9-3-1-8-6-10(16-11(13,14)15)4-2-7(8)5-9/h1-6H. The summed E-state index contributed by atoms with van der Waals surface area (Å²) in [4.78, 5) is 0. The van der Waals surface area contributed by atoms with E-state index in [-0.39, 0.29) is 5.75 Å². The van der Waals surface area contributed by atoms with Gasteiger partial charge in [-0.25, -0.2) is 0 Å². The second-order valence-electron chi connectivity index (χ2n) is 3.20. The van der Waals surface area contributed by atoms with Gasteiger partial charge in [-0.2, -0.15) is 8.78 Å². The number of alkyl halides is 3. The van der Waals surface area contributed by atoms with Crippen LogP contribution in [0.25, 0.3) is 10.8 Å². The fourth-order valence-corrected chi connectivity index (χ4v) is 1.96. The molecular formula is C11H6Br2F2O. The molecule has 0 bridgehead atoms. The first kappa shape index (κ1) is 11.8. The van der Waals surface area contributed by atoms with E-state index >= 15 is 0 Å². The van der Waals surface area contributed by atoms with Gasteiger partial charge in [-0.1, -0.05) is 28.1 Å². The van der Waals surface area contributed by atoms with E-state index in [4.69, 9.17) is 0 Å². The minimum absolute atomic E-state index is 0.122. The van der Waals surface area contributed by atoms with E-state index in [1.165, 1.54) is 6.07 Å². The van der Waals surface area contributed by atoms with Crippen LogP contribution in [0.15, 0.2) is 40.9 Å². The van der Waals surface area contributed by atoms with Crippen molar-refractivity contribution in [2.45, 2.75) is 5.02 Å². The van der Waals surface area contributed by atoms with Gasteiger partial charge in [0.05, 0.1) is 0 Å². The average molecular weight is 352 g/mol. The Bertz CT molecular complexity index is 523.